The first-order valence-corrected chi connectivity index (χ1v) is 6.60. The lowest BCUT2D eigenvalue weighted by Gasteiger charge is -2.08. The van der Waals surface area contributed by atoms with Crippen LogP contribution in [0.1, 0.15) is 5.56 Å². The highest BCUT2D eigenvalue weighted by Gasteiger charge is 1.99. The third kappa shape index (κ3) is 2.17. The third-order valence-corrected chi connectivity index (χ3v) is 3.58. The second-order valence-electron chi connectivity index (χ2n) is 4.01. The molecule has 1 N–H and O–H groups in total. The van der Waals surface area contributed by atoms with Crippen LogP contribution in [0.3, 0.4) is 0 Å². The van der Waals surface area contributed by atoms with Crippen LogP contribution in [0.5, 0.6) is 0 Å². The van der Waals surface area contributed by atoms with Gasteiger partial charge in [0, 0.05) is 17.6 Å². The van der Waals surface area contributed by atoms with Gasteiger partial charge in [-0.05, 0) is 33.8 Å². The topological polar surface area (TPSA) is 12.0 Å². The van der Waals surface area contributed by atoms with Crippen molar-refractivity contribution in [2.24, 2.45) is 0 Å². The van der Waals surface area contributed by atoms with E-state index in [1.165, 1.54) is 22.0 Å². The van der Waals surface area contributed by atoms with Crippen LogP contribution < -0.4 is 5.32 Å². The molecule has 0 radical (unpaired) electrons. The number of hydrogen-bond acceptors (Lipinski definition) is 2. The molecule has 0 unspecified atom stereocenters. The fourth-order valence-electron chi connectivity index (χ4n) is 1.97. The average molecular weight is 239 g/mol. The van der Waals surface area contributed by atoms with Crippen LogP contribution >= 0.6 is 11.3 Å². The molecule has 0 spiro atoms. The van der Waals surface area contributed by atoms with Gasteiger partial charge in [0.05, 0.1) is 0 Å². The molecule has 3 rings (SSSR count). The predicted octanol–water partition coefficient (Wildman–Crippen LogP) is 4.51. The van der Waals surface area contributed by atoms with Crippen LogP contribution in [-0.2, 0) is 6.54 Å². The lowest BCUT2D eigenvalue weighted by atomic mass is 10.1. The first kappa shape index (κ1) is 10.4. The molecule has 1 nitrogen and oxygen atoms in total. The highest BCUT2D eigenvalue weighted by Crippen LogP contribution is 2.23. The zero-order valence-electron chi connectivity index (χ0n) is 9.39. The molecule has 0 aliphatic rings. The standard InChI is InChI=1S/C15H13NS/c1-2-6-14-13(4-1)5-3-7-15(14)16-10-12-8-9-17-11-12/h1-9,11,16H,10H2. The number of hydrogen-bond donors (Lipinski definition) is 1. The van der Waals surface area contributed by atoms with Crippen molar-refractivity contribution in [3.8, 4) is 0 Å². The van der Waals surface area contributed by atoms with Crippen LogP contribution in [0.2, 0.25) is 0 Å². The molecular formula is C15H13NS. The number of anilines is 1. The molecule has 0 saturated heterocycles. The van der Waals surface area contributed by atoms with Crippen molar-refractivity contribution in [1.82, 2.24) is 0 Å². The summed E-state index contributed by atoms with van der Waals surface area (Å²) < 4.78 is 0. The zero-order chi connectivity index (χ0) is 11.5. The minimum absolute atomic E-state index is 0.886. The lowest BCUT2D eigenvalue weighted by molar-refractivity contribution is 1.17. The van der Waals surface area contributed by atoms with Crippen LogP contribution in [0.4, 0.5) is 5.69 Å². The summed E-state index contributed by atoms with van der Waals surface area (Å²) in [5, 5.41) is 10.3. The summed E-state index contributed by atoms with van der Waals surface area (Å²) in [6.07, 6.45) is 0. The van der Waals surface area contributed by atoms with Gasteiger partial charge in [-0.1, -0.05) is 36.4 Å². The Morgan fingerprint density at radius 2 is 1.82 bits per heavy atom. The fourth-order valence-corrected chi connectivity index (χ4v) is 2.64. The quantitative estimate of drug-likeness (QED) is 0.709. The van der Waals surface area contributed by atoms with E-state index in [-0.39, 0.29) is 0 Å². The Hall–Kier alpha value is -1.80. The van der Waals surface area contributed by atoms with Crippen molar-refractivity contribution >= 4 is 27.8 Å². The van der Waals surface area contributed by atoms with Gasteiger partial charge < -0.3 is 5.32 Å². The number of thiophene rings is 1. The van der Waals surface area contributed by atoms with E-state index < -0.39 is 0 Å². The Bertz CT molecular complexity index is 608. The van der Waals surface area contributed by atoms with E-state index in [0.29, 0.717) is 0 Å². The molecule has 0 amide bonds. The number of benzene rings is 2. The molecule has 0 bridgehead atoms. The van der Waals surface area contributed by atoms with E-state index in [4.69, 9.17) is 0 Å². The van der Waals surface area contributed by atoms with Gasteiger partial charge >= 0.3 is 0 Å². The number of rotatable bonds is 3. The van der Waals surface area contributed by atoms with Gasteiger partial charge in [-0.2, -0.15) is 11.3 Å². The Morgan fingerprint density at radius 3 is 2.71 bits per heavy atom. The average Bonchev–Trinajstić information content (AvgIpc) is 2.89. The summed E-state index contributed by atoms with van der Waals surface area (Å²) in [6, 6.07) is 17.0. The van der Waals surface area contributed by atoms with E-state index >= 15 is 0 Å². The lowest BCUT2D eigenvalue weighted by Crippen LogP contribution is -1.98. The summed E-state index contributed by atoms with van der Waals surface area (Å²) in [5.41, 5.74) is 2.54. The van der Waals surface area contributed by atoms with Gasteiger partial charge in [0.2, 0.25) is 0 Å². The van der Waals surface area contributed by atoms with Crippen molar-refractivity contribution in [2.75, 3.05) is 5.32 Å². The summed E-state index contributed by atoms with van der Waals surface area (Å²) in [6.45, 7) is 0.886. The molecule has 0 atom stereocenters. The van der Waals surface area contributed by atoms with Gasteiger partial charge in [0.15, 0.2) is 0 Å². The maximum absolute atomic E-state index is 3.50. The highest BCUT2D eigenvalue weighted by atomic mass is 32.1. The number of nitrogens with one attached hydrogen (secondary N) is 1. The van der Waals surface area contributed by atoms with Gasteiger partial charge in [-0.25, -0.2) is 0 Å². The van der Waals surface area contributed by atoms with Gasteiger partial charge in [-0.15, -0.1) is 0 Å². The summed E-state index contributed by atoms with van der Waals surface area (Å²) in [7, 11) is 0. The smallest absolute Gasteiger partial charge is 0.0422 e. The van der Waals surface area contributed by atoms with Crippen LogP contribution in [-0.4, -0.2) is 0 Å². The highest BCUT2D eigenvalue weighted by molar-refractivity contribution is 7.07. The molecule has 0 aliphatic heterocycles. The van der Waals surface area contributed by atoms with Crippen molar-refractivity contribution in [2.45, 2.75) is 6.54 Å². The Labute approximate surface area is 105 Å². The van der Waals surface area contributed by atoms with E-state index in [1.54, 1.807) is 11.3 Å². The maximum atomic E-state index is 3.50. The monoisotopic (exact) mass is 239 g/mol. The van der Waals surface area contributed by atoms with Crippen LogP contribution in [0.15, 0.2) is 59.3 Å². The second-order valence-corrected chi connectivity index (χ2v) is 4.79. The van der Waals surface area contributed by atoms with Gasteiger partial charge in [-0.3, -0.25) is 0 Å². The normalized spacial score (nSPS) is 10.6. The molecule has 2 aromatic carbocycles. The Balaban J connectivity index is 1.90. The predicted molar refractivity (Wildman–Crippen MR) is 75.6 cm³/mol. The summed E-state index contributed by atoms with van der Waals surface area (Å²) >= 11 is 1.74. The molecule has 1 heterocycles. The van der Waals surface area contributed by atoms with Gasteiger partial charge in [0.25, 0.3) is 0 Å². The second kappa shape index (κ2) is 4.60. The summed E-state index contributed by atoms with van der Waals surface area (Å²) in [4.78, 5) is 0. The van der Waals surface area contributed by atoms with E-state index in [1.807, 2.05) is 0 Å². The van der Waals surface area contributed by atoms with Crippen LogP contribution in [0, 0.1) is 0 Å². The van der Waals surface area contributed by atoms with Crippen molar-refractivity contribution in [3.05, 3.63) is 64.9 Å². The minimum atomic E-state index is 0.886. The zero-order valence-corrected chi connectivity index (χ0v) is 10.2. The summed E-state index contributed by atoms with van der Waals surface area (Å²) in [5.74, 6) is 0. The number of fused-ring (bicyclic) bond motifs is 1. The largest absolute Gasteiger partial charge is 0.380 e. The Morgan fingerprint density at radius 1 is 0.941 bits per heavy atom. The molecule has 2 heteroatoms. The molecule has 0 fully saturated rings. The van der Waals surface area contributed by atoms with E-state index in [9.17, 15) is 0 Å². The van der Waals surface area contributed by atoms with Crippen molar-refractivity contribution in [3.63, 3.8) is 0 Å². The van der Waals surface area contributed by atoms with E-state index in [2.05, 4.69) is 64.6 Å². The van der Waals surface area contributed by atoms with E-state index in [0.717, 1.165) is 6.54 Å². The van der Waals surface area contributed by atoms with Crippen molar-refractivity contribution in [1.29, 1.82) is 0 Å². The third-order valence-electron chi connectivity index (χ3n) is 2.85. The van der Waals surface area contributed by atoms with Crippen LogP contribution in [0.25, 0.3) is 10.8 Å². The molecule has 0 aliphatic carbocycles. The molecule has 1 aromatic heterocycles. The van der Waals surface area contributed by atoms with Gasteiger partial charge in [0.1, 0.15) is 0 Å². The molecular weight excluding hydrogens is 226 g/mol. The fraction of sp³-hybridized carbons (Fsp3) is 0.0667. The molecule has 0 saturated carbocycles. The minimum Gasteiger partial charge on any atom is -0.380 e. The van der Waals surface area contributed by atoms with Crippen molar-refractivity contribution < 1.29 is 0 Å². The molecule has 3 aromatic rings. The molecule has 84 valence electrons. The first-order chi connectivity index (χ1) is 8.43. The molecule has 17 heavy (non-hydrogen) atoms. The Kier molecular flexibility index (Phi) is 2.80. The first-order valence-electron chi connectivity index (χ1n) is 5.66. The SMILES string of the molecule is c1ccc2c(NCc3ccsc3)cccc2c1. The maximum Gasteiger partial charge on any atom is 0.0422 e.